The first-order valence-corrected chi connectivity index (χ1v) is 12.1. The number of benzene rings is 1. The number of methoxy groups -OCH3 is 1. The molecule has 0 aliphatic rings. The van der Waals surface area contributed by atoms with Gasteiger partial charge in [0.05, 0.1) is 12.0 Å². The zero-order valence-electron chi connectivity index (χ0n) is 18.6. The van der Waals surface area contributed by atoms with Gasteiger partial charge < -0.3 is 9.47 Å². The molecule has 0 fully saturated rings. The monoisotopic (exact) mass is 512 g/mol. The first-order valence-electron chi connectivity index (χ1n) is 9.84. The van der Waals surface area contributed by atoms with Gasteiger partial charge in [-0.15, -0.1) is 0 Å². The maximum absolute atomic E-state index is 13.7. The molecule has 0 saturated heterocycles. The molecule has 1 atom stereocenters. The van der Waals surface area contributed by atoms with Gasteiger partial charge in [-0.05, 0) is 78.5 Å². The van der Waals surface area contributed by atoms with E-state index in [1.165, 1.54) is 23.5 Å². The van der Waals surface area contributed by atoms with E-state index in [0.717, 1.165) is 0 Å². The summed E-state index contributed by atoms with van der Waals surface area (Å²) in [5.41, 5.74) is -0.103. The van der Waals surface area contributed by atoms with Crippen molar-refractivity contribution in [3.8, 4) is 5.75 Å². The van der Waals surface area contributed by atoms with Crippen LogP contribution in [0.25, 0.3) is 0 Å². The second-order valence-electron chi connectivity index (χ2n) is 8.44. The normalized spacial score (nSPS) is 13.3. The van der Waals surface area contributed by atoms with Crippen molar-refractivity contribution in [2.75, 3.05) is 7.11 Å². The minimum atomic E-state index is -4.04. The fourth-order valence-corrected chi connectivity index (χ4v) is 4.91. The highest BCUT2D eigenvalue weighted by atomic mass is 79.9. The van der Waals surface area contributed by atoms with Crippen molar-refractivity contribution in [3.63, 3.8) is 0 Å². The molecule has 1 aromatic carbocycles. The van der Waals surface area contributed by atoms with E-state index >= 15 is 0 Å². The molecule has 0 N–H and O–H groups in total. The van der Waals surface area contributed by atoms with Crippen LogP contribution < -0.4 is 4.74 Å². The summed E-state index contributed by atoms with van der Waals surface area (Å²) in [5, 5.41) is 0. The quantitative estimate of drug-likeness (QED) is 0.384. The van der Waals surface area contributed by atoms with E-state index in [1.807, 2.05) is 0 Å². The standard InChI is InChI=1S/C22H29BrN2O5S/c1-15(2)20(21(26)30-22(3,4)5)25(14-16-7-12-19(23)24-13-16)31(27,28)18-10-8-17(29-6)9-11-18/h7-13,15,20H,14H2,1-6H3/t20-/m1/s1. The second-order valence-corrected chi connectivity index (χ2v) is 11.1. The summed E-state index contributed by atoms with van der Waals surface area (Å²) < 4.78 is 39.9. The van der Waals surface area contributed by atoms with Gasteiger partial charge in [0, 0.05) is 12.7 Å². The molecule has 0 saturated carbocycles. The summed E-state index contributed by atoms with van der Waals surface area (Å²) in [6.07, 6.45) is 1.58. The molecule has 0 aliphatic carbocycles. The number of pyridine rings is 1. The molecule has 0 unspecified atom stereocenters. The SMILES string of the molecule is COc1ccc(S(=O)(=O)N(Cc2ccc(Br)nc2)[C@@H](C(=O)OC(C)(C)C)C(C)C)cc1. The van der Waals surface area contributed by atoms with Crippen LogP contribution in [0.3, 0.4) is 0 Å². The van der Waals surface area contributed by atoms with Crippen LogP contribution in [0.1, 0.15) is 40.2 Å². The number of ether oxygens (including phenoxy) is 2. The fraction of sp³-hybridized carbons (Fsp3) is 0.455. The average molecular weight is 513 g/mol. The molecule has 0 aliphatic heterocycles. The number of aromatic nitrogens is 1. The molecular formula is C22H29BrN2O5S. The number of rotatable bonds is 8. The first-order chi connectivity index (χ1) is 14.3. The van der Waals surface area contributed by atoms with Crippen molar-refractivity contribution in [1.29, 1.82) is 0 Å². The Balaban J connectivity index is 2.56. The van der Waals surface area contributed by atoms with Gasteiger partial charge in [0.1, 0.15) is 22.0 Å². The molecule has 0 bridgehead atoms. The number of hydrogen-bond donors (Lipinski definition) is 0. The Hall–Kier alpha value is -1.97. The topological polar surface area (TPSA) is 85.8 Å². The number of carbonyl (C=O) groups is 1. The van der Waals surface area contributed by atoms with E-state index in [0.29, 0.717) is 15.9 Å². The maximum atomic E-state index is 13.7. The van der Waals surface area contributed by atoms with Gasteiger partial charge in [-0.1, -0.05) is 19.9 Å². The third-order valence-electron chi connectivity index (χ3n) is 4.38. The Morgan fingerprint density at radius 2 is 1.74 bits per heavy atom. The summed E-state index contributed by atoms with van der Waals surface area (Å²) in [7, 11) is -2.53. The molecule has 9 heteroatoms. The zero-order chi connectivity index (χ0) is 23.4. The Morgan fingerprint density at radius 3 is 2.19 bits per heavy atom. The predicted octanol–water partition coefficient (Wildman–Crippen LogP) is 4.41. The van der Waals surface area contributed by atoms with Crippen molar-refractivity contribution in [1.82, 2.24) is 9.29 Å². The summed E-state index contributed by atoms with van der Waals surface area (Å²) in [4.78, 5) is 17.3. The Bertz CT molecular complexity index is 984. The average Bonchev–Trinajstić information content (AvgIpc) is 2.67. The number of sulfonamides is 1. The molecule has 1 aromatic heterocycles. The minimum absolute atomic E-state index is 0.0310. The van der Waals surface area contributed by atoms with Gasteiger partial charge in [-0.3, -0.25) is 4.79 Å². The second kappa shape index (κ2) is 10.1. The van der Waals surface area contributed by atoms with Crippen molar-refractivity contribution in [2.24, 2.45) is 5.92 Å². The third kappa shape index (κ3) is 6.75. The van der Waals surface area contributed by atoms with Crippen LogP contribution in [0, 0.1) is 5.92 Å². The zero-order valence-corrected chi connectivity index (χ0v) is 21.0. The van der Waals surface area contributed by atoms with Crippen molar-refractivity contribution >= 4 is 31.9 Å². The van der Waals surface area contributed by atoms with Gasteiger partial charge in [-0.2, -0.15) is 4.31 Å². The van der Waals surface area contributed by atoms with Gasteiger partial charge in [0.2, 0.25) is 10.0 Å². The molecule has 31 heavy (non-hydrogen) atoms. The lowest BCUT2D eigenvalue weighted by atomic mass is 10.0. The number of nitrogens with zero attached hydrogens (tertiary/aromatic N) is 2. The first kappa shape index (κ1) is 25.3. The molecule has 0 radical (unpaired) electrons. The maximum Gasteiger partial charge on any atom is 0.325 e. The molecule has 0 amide bonds. The number of halogens is 1. The third-order valence-corrected chi connectivity index (χ3v) is 6.69. The minimum Gasteiger partial charge on any atom is -0.497 e. The van der Waals surface area contributed by atoms with Gasteiger partial charge >= 0.3 is 5.97 Å². The Labute approximate surface area is 192 Å². The van der Waals surface area contributed by atoms with E-state index in [4.69, 9.17) is 9.47 Å². The molecule has 170 valence electrons. The Kier molecular flexibility index (Phi) is 8.24. The lowest BCUT2D eigenvalue weighted by Gasteiger charge is -2.34. The molecular weight excluding hydrogens is 484 g/mol. The van der Waals surface area contributed by atoms with Crippen LogP contribution in [-0.4, -0.2) is 42.4 Å². The summed E-state index contributed by atoms with van der Waals surface area (Å²) in [6.45, 7) is 8.82. The highest BCUT2D eigenvalue weighted by Gasteiger charge is 2.40. The molecule has 1 heterocycles. The lowest BCUT2D eigenvalue weighted by Crippen LogP contribution is -2.49. The van der Waals surface area contributed by atoms with E-state index in [2.05, 4.69) is 20.9 Å². The van der Waals surface area contributed by atoms with E-state index in [-0.39, 0.29) is 17.4 Å². The fourth-order valence-electron chi connectivity index (χ4n) is 2.98. The van der Waals surface area contributed by atoms with Gasteiger partial charge in [-0.25, -0.2) is 13.4 Å². The summed E-state index contributed by atoms with van der Waals surface area (Å²) >= 11 is 3.28. The van der Waals surface area contributed by atoms with Gasteiger partial charge in [0.15, 0.2) is 0 Å². The van der Waals surface area contributed by atoms with Gasteiger partial charge in [0.25, 0.3) is 0 Å². The van der Waals surface area contributed by atoms with Crippen LogP contribution in [0.5, 0.6) is 5.75 Å². The highest BCUT2D eigenvalue weighted by Crippen LogP contribution is 2.28. The highest BCUT2D eigenvalue weighted by molar-refractivity contribution is 9.10. The van der Waals surface area contributed by atoms with Crippen LogP contribution in [-0.2, 0) is 26.1 Å². The Morgan fingerprint density at radius 1 is 1.13 bits per heavy atom. The van der Waals surface area contributed by atoms with Crippen LogP contribution in [0.2, 0.25) is 0 Å². The number of esters is 1. The number of carbonyl (C=O) groups excluding carboxylic acids is 1. The van der Waals surface area contributed by atoms with Crippen molar-refractivity contribution in [2.45, 2.75) is 57.7 Å². The molecule has 2 rings (SSSR count). The van der Waals surface area contributed by atoms with Crippen molar-refractivity contribution in [3.05, 3.63) is 52.8 Å². The number of hydrogen-bond acceptors (Lipinski definition) is 6. The molecule has 7 nitrogen and oxygen atoms in total. The molecule has 0 spiro atoms. The van der Waals surface area contributed by atoms with Crippen LogP contribution in [0.15, 0.2) is 52.1 Å². The lowest BCUT2D eigenvalue weighted by molar-refractivity contribution is -0.161. The van der Waals surface area contributed by atoms with E-state index in [9.17, 15) is 13.2 Å². The predicted molar refractivity (Wildman–Crippen MR) is 122 cm³/mol. The van der Waals surface area contributed by atoms with Crippen molar-refractivity contribution < 1.29 is 22.7 Å². The van der Waals surface area contributed by atoms with E-state index < -0.39 is 27.6 Å². The molecule has 2 aromatic rings. The smallest absolute Gasteiger partial charge is 0.325 e. The summed E-state index contributed by atoms with van der Waals surface area (Å²) in [6, 6.07) is 8.55. The van der Waals surface area contributed by atoms with E-state index in [1.54, 1.807) is 65.1 Å². The van der Waals surface area contributed by atoms with Crippen LogP contribution in [0.4, 0.5) is 0 Å². The summed E-state index contributed by atoms with van der Waals surface area (Å²) in [5.74, 6) is -0.383. The largest absolute Gasteiger partial charge is 0.497 e. The van der Waals surface area contributed by atoms with Crippen LogP contribution >= 0.6 is 15.9 Å².